The van der Waals surface area contributed by atoms with Crippen LogP contribution in [0.4, 0.5) is 0 Å². The molecule has 0 aromatic rings. The van der Waals surface area contributed by atoms with Crippen LogP contribution in [0.15, 0.2) is 0 Å². The van der Waals surface area contributed by atoms with E-state index in [1.807, 2.05) is 0 Å². The molecule has 0 saturated carbocycles. The molecule has 0 bridgehead atoms. The maximum atomic E-state index is 10.7. The van der Waals surface area contributed by atoms with Crippen LogP contribution in [0.3, 0.4) is 0 Å². The summed E-state index contributed by atoms with van der Waals surface area (Å²) in [4.78, 5) is 0. The first kappa shape index (κ1) is 14.1. The summed E-state index contributed by atoms with van der Waals surface area (Å²) in [6, 6.07) is 0. The number of hydrogen-bond donors (Lipinski definition) is 1. The van der Waals surface area contributed by atoms with Gasteiger partial charge in [-0.25, -0.2) is 13.6 Å². The van der Waals surface area contributed by atoms with Crippen molar-refractivity contribution < 1.29 is 12.8 Å². The van der Waals surface area contributed by atoms with Crippen LogP contribution < -0.4 is 5.14 Å². The molecule has 2 N–H and O–H groups in total. The van der Waals surface area contributed by atoms with E-state index in [1.54, 1.807) is 0 Å². The highest BCUT2D eigenvalue weighted by molar-refractivity contribution is 7.89. The van der Waals surface area contributed by atoms with Gasteiger partial charge in [0.1, 0.15) is 0 Å². The monoisotopic (exact) mass is 239 g/mol. The predicted molar refractivity (Wildman–Crippen MR) is 61.1 cm³/mol. The Morgan fingerprint density at radius 3 is 2.00 bits per heavy atom. The minimum absolute atomic E-state index is 0.0977. The van der Waals surface area contributed by atoms with E-state index in [9.17, 15) is 8.42 Å². The molecule has 0 unspecified atom stereocenters. The van der Waals surface area contributed by atoms with E-state index in [1.165, 1.54) is 0 Å². The van der Waals surface area contributed by atoms with Crippen molar-refractivity contribution in [1.82, 2.24) is 0 Å². The van der Waals surface area contributed by atoms with E-state index in [2.05, 4.69) is 33.9 Å². The molecule has 6 heteroatoms. The van der Waals surface area contributed by atoms with Gasteiger partial charge in [0.05, 0.1) is 5.75 Å². The van der Waals surface area contributed by atoms with E-state index >= 15 is 0 Å². The van der Waals surface area contributed by atoms with E-state index in [4.69, 9.17) is 9.56 Å². The topological polar surface area (TPSA) is 69.4 Å². The average molecular weight is 239 g/mol. The van der Waals surface area contributed by atoms with Crippen molar-refractivity contribution in [2.24, 2.45) is 5.14 Å². The van der Waals surface area contributed by atoms with E-state index in [0.717, 1.165) is 0 Å². The van der Waals surface area contributed by atoms with E-state index in [-0.39, 0.29) is 17.4 Å². The van der Waals surface area contributed by atoms with Gasteiger partial charge in [-0.05, 0) is 18.1 Å². The lowest BCUT2D eigenvalue weighted by molar-refractivity contribution is 0.309. The zero-order chi connectivity index (χ0) is 11.6. The Labute approximate surface area is 88.0 Å². The number of rotatable bonds is 4. The predicted octanol–water partition coefficient (Wildman–Crippen LogP) is 1.30. The third-order valence-electron chi connectivity index (χ3n) is 2.64. The van der Waals surface area contributed by atoms with Crippen LogP contribution in [0.2, 0.25) is 18.1 Å². The number of nitrogens with two attached hydrogens (primary N) is 1. The second-order valence-electron chi connectivity index (χ2n) is 4.98. The fraction of sp³-hybridized carbons (Fsp3) is 1.00. The molecule has 0 aromatic carbocycles. The summed E-state index contributed by atoms with van der Waals surface area (Å²) in [6.07, 6.45) is 0. The first-order valence-corrected chi connectivity index (χ1v) is 9.22. The molecule has 4 nitrogen and oxygen atoms in total. The second-order valence-corrected chi connectivity index (χ2v) is 11.5. The van der Waals surface area contributed by atoms with Crippen LogP contribution >= 0.6 is 0 Å². The second kappa shape index (κ2) is 4.30. The van der Waals surface area contributed by atoms with Gasteiger partial charge in [0.25, 0.3) is 0 Å². The summed E-state index contributed by atoms with van der Waals surface area (Å²) in [7, 11) is -5.22. The molecule has 0 aliphatic heterocycles. The van der Waals surface area contributed by atoms with Gasteiger partial charge in [0.2, 0.25) is 10.0 Å². The first-order valence-electron chi connectivity index (χ1n) is 4.60. The van der Waals surface area contributed by atoms with Gasteiger partial charge in [0, 0.05) is 6.61 Å². The number of hydrogen-bond acceptors (Lipinski definition) is 3. The summed E-state index contributed by atoms with van der Waals surface area (Å²) >= 11 is 0. The largest absolute Gasteiger partial charge is 0.416 e. The molecular weight excluding hydrogens is 218 g/mol. The molecule has 0 aromatic heterocycles. The Kier molecular flexibility index (Phi) is 4.33. The molecule has 0 saturated heterocycles. The highest BCUT2D eigenvalue weighted by Crippen LogP contribution is 2.36. The third kappa shape index (κ3) is 5.09. The molecular formula is C8H21NO3SSi. The van der Waals surface area contributed by atoms with Crippen molar-refractivity contribution in [2.75, 3.05) is 12.4 Å². The van der Waals surface area contributed by atoms with Crippen molar-refractivity contribution >= 4 is 18.3 Å². The van der Waals surface area contributed by atoms with E-state index in [0.29, 0.717) is 0 Å². The summed E-state index contributed by atoms with van der Waals surface area (Å²) in [6.45, 7) is 10.7. The molecule has 0 aliphatic carbocycles. The van der Waals surface area contributed by atoms with Crippen LogP contribution in [-0.2, 0) is 14.4 Å². The minimum Gasteiger partial charge on any atom is -0.416 e. The molecule has 14 heavy (non-hydrogen) atoms. The molecule has 0 spiro atoms. The molecule has 0 heterocycles. The lowest BCUT2D eigenvalue weighted by Gasteiger charge is -2.36. The Bertz CT molecular complexity index is 279. The van der Waals surface area contributed by atoms with E-state index < -0.39 is 18.3 Å². The molecule has 0 amide bonds. The molecule has 0 rings (SSSR count). The lowest BCUT2D eigenvalue weighted by Crippen LogP contribution is -2.42. The fourth-order valence-electron chi connectivity index (χ4n) is 0.629. The smallest absolute Gasteiger partial charge is 0.211 e. The van der Waals surface area contributed by atoms with Gasteiger partial charge in [-0.2, -0.15) is 0 Å². The van der Waals surface area contributed by atoms with Gasteiger partial charge < -0.3 is 4.43 Å². The lowest BCUT2D eigenvalue weighted by atomic mass is 10.2. The highest BCUT2D eigenvalue weighted by atomic mass is 32.2. The normalized spacial score (nSPS) is 14.4. The van der Waals surface area contributed by atoms with Crippen molar-refractivity contribution in [2.45, 2.75) is 38.9 Å². The molecule has 0 atom stereocenters. The Balaban J connectivity index is 4.15. The third-order valence-corrected chi connectivity index (χ3v) is 7.91. The van der Waals surface area contributed by atoms with Crippen LogP contribution in [0, 0.1) is 0 Å². The highest BCUT2D eigenvalue weighted by Gasteiger charge is 2.37. The summed E-state index contributed by atoms with van der Waals surface area (Å²) in [5.74, 6) is -0.0977. The average Bonchev–Trinajstić information content (AvgIpc) is 1.80. The molecule has 86 valence electrons. The summed E-state index contributed by atoms with van der Waals surface area (Å²) in [5, 5.41) is 4.98. The van der Waals surface area contributed by atoms with Gasteiger partial charge >= 0.3 is 0 Å². The fourth-order valence-corrected chi connectivity index (χ4v) is 2.14. The number of sulfonamides is 1. The Morgan fingerprint density at radius 1 is 1.29 bits per heavy atom. The molecule has 0 aliphatic rings. The van der Waals surface area contributed by atoms with Crippen LogP contribution in [0.5, 0.6) is 0 Å². The van der Waals surface area contributed by atoms with Crippen LogP contribution in [0.25, 0.3) is 0 Å². The van der Waals surface area contributed by atoms with Gasteiger partial charge in [-0.1, -0.05) is 20.8 Å². The standard InChI is InChI=1S/C8H21NO3SSi/c1-8(2,3)14(4,5)12-6-7-13(9,10)11/h6-7H2,1-5H3,(H2,9,10,11). The van der Waals surface area contributed by atoms with Gasteiger partial charge in [0.15, 0.2) is 8.32 Å². The molecule has 0 radical (unpaired) electrons. The van der Waals surface area contributed by atoms with Crippen LogP contribution in [-0.4, -0.2) is 29.1 Å². The maximum Gasteiger partial charge on any atom is 0.211 e. The zero-order valence-corrected chi connectivity index (χ0v) is 11.4. The van der Waals surface area contributed by atoms with Crippen molar-refractivity contribution in [3.05, 3.63) is 0 Å². The molecule has 0 fully saturated rings. The maximum absolute atomic E-state index is 10.7. The van der Waals surface area contributed by atoms with Gasteiger partial charge in [-0.3, -0.25) is 0 Å². The van der Waals surface area contributed by atoms with Crippen molar-refractivity contribution in [3.8, 4) is 0 Å². The van der Waals surface area contributed by atoms with Crippen LogP contribution in [0.1, 0.15) is 20.8 Å². The Hall–Kier alpha value is 0.0869. The van der Waals surface area contributed by atoms with Crippen molar-refractivity contribution in [3.63, 3.8) is 0 Å². The first-order chi connectivity index (χ1) is 5.96. The van der Waals surface area contributed by atoms with Gasteiger partial charge in [-0.15, -0.1) is 0 Å². The van der Waals surface area contributed by atoms with Crippen molar-refractivity contribution in [1.29, 1.82) is 0 Å². The zero-order valence-electron chi connectivity index (χ0n) is 9.62. The summed E-state index contributed by atoms with van der Waals surface area (Å²) < 4.78 is 27.0. The Morgan fingerprint density at radius 2 is 1.71 bits per heavy atom. The quantitative estimate of drug-likeness (QED) is 0.752. The SMILES string of the molecule is CC(C)(C)[Si](C)(C)OCCS(N)(=O)=O. The summed E-state index contributed by atoms with van der Waals surface area (Å²) in [5.41, 5.74) is 0. The number of primary sulfonamides is 1. The minimum atomic E-state index is -3.39.